The summed E-state index contributed by atoms with van der Waals surface area (Å²) in [5.74, 6) is -0.323. The van der Waals surface area contributed by atoms with E-state index in [1.807, 2.05) is 0 Å². The average molecular weight is 481 g/mol. The van der Waals surface area contributed by atoms with Crippen LogP contribution in [-0.2, 0) is 19.1 Å². The summed E-state index contributed by atoms with van der Waals surface area (Å²) < 4.78 is 9.89. The third-order valence-electron chi connectivity index (χ3n) is 6.31. The van der Waals surface area contributed by atoms with E-state index in [1.165, 1.54) is 142 Å². The van der Waals surface area contributed by atoms with Crippen molar-refractivity contribution in [1.82, 2.24) is 0 Å². The Hall–Kier alpha value is -1.32. The normalized spacial score (nSPS) is 11.2. The van der Waals surface area contributed by atoms with Crippen LogP contribution < -0.4 is 0 Å². The summed E-state index contributed by atoms with van der Waals surface area (Å²) in [5.41, 5.74) is 0. The van der Waals surface area contributed by atoms with Crippen LogP contribution in [-0.4, -0.2) is 25.2 Å². The van der Waals surface area contributed by atoms with Crippen molar-refractivity contribution in [2.45, 2.75) is 155 Å². The second kappa shape index (κ2) is 27.9. The van der Waals surface area contributed by atoms with Crippen LogP contribution >= 0.6 is 0 Å². The number of hydrogen-bond donors (Lipinski definition) is 0. The zero-order chi connectivity index (χ0) is 25.0. The fourth-order valence-corrected chi connectivity index (χ4v) is 4.22. The highest BCUT2D eigenvalue weighted by Crippen LogP contribution is 2.14. The van der Waals surface area contributed by atoms with Gasteiger partial charge in [-0.3, -0.25) is 9.59 Å². The van der Waals surface area contributed by atoms with E-state index in [9.17, 15) is 9.59 Å². The van der Waals surface area contributed by atoms with Crippen LogP contribution in [0.15, 0.2) is 12.2 Å². The monoisotopic (exact) mass is 480 g/mol. The summed E-state index contributed by atoms with van der Waals surface area (Å²) >= 11 is 0. The summed E-state index contributed by atoms with van der Waals surface area (Å²) in [4.78, 5) is 21.3. The van der Waals surface area contributed by atoms with E-state index in [2.05, 4.69) is 12.2 Å². The molecule has 0 heterocycles. The molecule has 4 heteroatoms. The van der Waals surface area contributed by atoms with Crippen molar-refractivity contribution in [2.75, 3.05) is 13.2 Å². The van der Waals surface area contributed by atoms with Crippen molar-refractivity contribution >= 4 is 11.9 Å². The molecule has 0 atom stereocenters. The molecule has 0 fully saturated rings. The Balaban J connectivity index is 3.10. The fourth-order valence-electron chi connectivity index (χ4n) is 4.22. The van der Waals surface area contributed by atoms with E-state index in [-0.39, 0.29) is 11.9 Å². The number of unbranched alkanes of at least 4 members (excludes halogenated alkanes) is 20. The van der Waals surface area contributed by atoms with Gasteiger partial charge >= 0.3 is 11.9 Å². The highest BCUT2D eigenvalue weighted by atomic mass is 16.5. The molecule has 0 aliphatic carbocycles. The molecule has 0 aromatic rings. The zero-order valence-corrected chi connectivity index (χ0v) is 22.8. The maximum Gasteiger partial charge on any atom is 0.302 e. The number of esters is 2. The van der Waals surface area contributed by atoms with Gasteiger partial charge in [0.2, 0.25) is 0 Å². The number of hydrogen-bond acceptors (Lipinski definition) is 4. The van der Waals surface area contributed by atoms with Gasteiger partial charge in [0.15, 0.2) is 0 Å². The van der Waals surface area contributed by atoms with Gasteiger partial charge in [0.1, 0.15) is 0 Å². The molecule has 0 amide bonds. The fraction of sp³-hybridized carbons (Fsp3) is 0.867. The predicted molar refractivity (Wildman–Crippen MR) is 144 cm³/mol. The maximum atomic E-state index is 10.7. The van der Waals surface area contributed by atoms with Crippen molar-refractivity contribution in [3.8, 4) is 0 Å². The quantitative estimate of drug-likeness (QED) is 0.0703. The Morgan fingerprint density at radius 3 is 0.912 bits per heavy atom. The minimum atomic E-state index is -0.164. The Bertz CT molecular complexity index is 472. The van der Waals surface area contributed by atoms with Crippen LogP contribution in [0.2, 0.25) is 0 Å². The standard InChI is InChI=1S/C30H56O4/c1-29(31)33-27-25-23-21-19-17-15-13-11-9-7-5-3-4-6-8-10-12-14-16-18-20-22-24-26-28-34-30(2)32/h9,11H,3-8,10,12-28H2,1-2H3/b11-9-. The number of rotatable bonds is 26. The van der Waals surface area contributed by atoms with Gasteiger partial charge in [-0.05, 0) is 38.5 Å². The first-order valence-electron chi connectivity index (χ1n) is 14.5. The Labute approximate surface area is 211 Å². The van der Waals surface area contributed by atoms with Gasteiger partial charge in [-0.15, -0.1) is 0 Å². The van der Waals surface area contributed by atoms with E-state index < -0.39 is 0 Å². The molecule has 0 rings (SSSR count). The molecule has 0 bridgehead atoms. The Morgan fingerprint density at radius 2 is 0.647 bits per heavy atom. The molecule has 0 aliphatic heterocycles. The maximum absolute atomic E-state index is 10.7. The summed E-state index contributed by atoms with van der Waals surface area (Å²) in [7, 11) is 0. The average Bonchev–Trinajstić information content (AvgIpc) is 2.80. The lowest BCUT2D eigenvalue weighted by atomic mass is 10.0. The topological polar surface area (TPSA) is 52.6 Å². The van der Waals surface area contributed by atoms with Crippen LogP contribution in [0.3, 0.4) is 0 Å². The van der Waals surface area contributed by atoms with Gasteiger partial charge < -0.3 is 9.47 Å². The molecule has 0 spiro atoms. The molecule has 200 valence electrons. The number of ether oxygens (including phenoxy) is 2. The summed E-state index contributed by atoms with van der Waals surface area (Å²) in [6, 6.07) is 0. The van der Waals surface area contributed by atoms with E-state index >= 15 is 0 Å². The van der Waals surface area contributed by atoms with Crippen molar-refractivity contribution in [3.63, 3.8) is 0 Å². The van der Waals surface area contributed by atoms with Crippen LogP contribution in [0.5, 0.6) is 0 Å². The lowest BCUT2D eigenvalue weighted by molar-refractivity contribution is -0.142. The van der Waals surface area contributed by atoms with Crippen LogP contribution in [0.4, 0.5) is 0 Å². The lowest BCUT2D eigenvalue weighted by Crippen LogP contribution is -2.00. The third-order valence-corrected chi connectivity index (χ3v) is 6.31. The first kappa shape index (κ1) is 32.7. The van der Waals surface area contributed by atoms with Gasteiger partial charge in [-0.25, -0.2) is 0 Å². The second-order valence-electron chi connectivity index (χ2n) is 9.80. The SMILES string of the molecule is CC(=O)OCCCCCCCC/C=C\CCCCCCCCCCCCCCCCOC(C)=O. The number of carbonyl (C=O) groups is 2. The van der Waals surface area contributed by atoms with E-state index in [1.54, 1.807) is 0 Å². The highest BCUT2D eigenvalue weighted by Gasteiger charge is 1.96. The van der Waals surface area contributed by atoms with Crippen molar-refractivity contribution in [3.05, 3.63) is 12.2 Å². The molecule has 0 radical (unpaired) electrons. The Kier molecular flexibility index (Phi) is 26.8. The van der Waals surface area contributed by atoms with E-state index in [0.29, 0.717) is 13.2 Å². The zero-order valence-electron chi connectivity index (χ0n) is 22.8. The number of carbonyl (C=O) groups excluding carboxylic acids is 2. The molecule has 0 saturated heterocycles. The van der Waals surface area contributed by atoms with Crippen molar-refractivity contribution < 1.29 is 19.1 Å². The van der Waals surface area contributed by atoms with E-state index in [0.717, 1.165) is 12.8 Å². The van der Waals surface area contributed by atoms with Crippen molar-refractivity contribution in [2.24, 2.45) is 0 Å². The molecule has 34 heavy (non-hydrogen) atoms. The number of allylic oxidation sites excluding steroid dienone is 2. The molecule has 0 aliphatic rings. The van der Waals surface area contributed by atoms with Gasteiger partial charge in [0.05, 0.1) is 13.2 Å². The smallest absolute Gasteiger partial charge is 0.302 e. The van der Waals surface area contributed by atoms with Crippen LogP contribution in [0, 0.1) is 0 Å². The molecule has 0 aromatic heterocycles. The summed E-state index contributed by atoms with van der Waals surface area (Å²) in [6.45, 7) is 4.13. The first-order chi connectivity index (χ1) is 16.6. The minimum Gasteiger partial charge on any atom is -0.466 e. The van der Waals surface area contributed by atoms with Crippen LogP contribution in [0.25, 0.3) is 0 Å². The minimum absolute atomic E-state index is 0.159. The molecular weight excluding hydrogens is 424 g/mol. The molecule has 0 saturated carbocycles. The molecule has 0 unspecified atom stereocenters. The molecule has 0 aromatic carbocycles. The molecular formula is C30H56O4. The summed E-state index contributed by atoms with van der Waals surface area (Å²) in [5, 5.41) is 0. The van der Waals surface area contributed by atoms with Gasteiger partial charge in [0.25, 0.3) is 0 Å². The lowest BCUT2D eigenvalue weighted by Gasteiger charge is -2.04. The third kappa shape index (κ3) is 30.7. The van der Waals surface area contributed by atoms with Gasteiger partial charge in [-0.1, -0.05) is 115 Å². The largest absolute Gasteiger partial charge is 0.466 e. The van der Waals surface area contributed by atoms with Crippen molar-refractivity contribution in [1.29, 1.82) is 0 Å². The highest BCUT2D eigenvalue weighted by molar-refractivity contribution is 5.66. The predicted octanol–water partition coefficient (Wildman–Crippen LogP) is 9.25. The second-order valence-corrected chi connectivity index (χ2v) is 9.80. The van der Waals surface area contributed by atoms with Gasteiger partial charge in [0, 0.05) is 13.8 Å². The molecule has 4 nitrogen and oxygen atoms in total. The molecule has 0 N–H and O–H groups in total. The van der Waals surface area contributed by atoms with Gasteiger partial charge in [-0.2, -0.15) is 0 Å². The summed E-state index contributed by atoms with van der Waals surface area (Å²) in [6.07, 6.45) is 33.3. The van der Waals surface area contributed by atoms with Crippen LogP contribution in [0.1, 0.15) is 155 Å². The van der Waals surface area contributed by atoms with E-state index in [4.69, 9.17) is 9.47 Å². The Morgan fingerprint density at radius 1 is 0.412 bits per heavy atom. The first-order valence-corrected chi connectivity index (χ1v) is 14.5.